The molecule has 4 nitrogen and oxygen atoms in total. The third kappa shape index (κ3) is 5.43. The molecule has 0 unspecified atom stereocenters. The van der Waals surface area contributed by atoms with Crippen molar-refractivity contribution in [1.82, 2.24) is 4.98 Å². The number of hydrogen-bond acceptors (Lipinski definition) is 4. The topological polar surface area (TPSA) is 52.3 Å². The Morgan fingerprint density at radius 2 is 1.83 bits per heavy atom. The van der Waals surface area contributed by atoms with Gasteiger partial charge in [-0.3, -0.25) is 4.79 Å². The Morgan fingerprint density at radius 3 is 2.35 bits per heavy atom. The molecular formula is C16H18F3NO3. The number of hydrogen-bond donors (Lipinski definition) is 0. The van der Waals surface area contributed by atoms with Gasteiger partial charge in [-0.05, 0) is 19.1 Å². The number of benzene rings is 1. The minimum absolute atomic E-state index is 0.117. The monoisotopic (exact) mass is 329 g/mol. The Hall–Kier alpha value is -2.31. The first-order valence-corrected chi connectivity index (χ1v) is 7.18. The van der Waals surface area contributed by atoms with Gasteiger partial charge in [-0.15, -0.1) is 0 Å². The van der Waals surface area contributed by atoms with Crippen LogP contribution < -0.4 is 0 Å². The van der Waals surface area contributed by atoms with Crippen LogP contribution in [0.2, 0.25) is 0 Å². The minimum Gasteiger partial charge on any atom is -0.466 e. The summed E-state index contributed by atoms with van der Waals surface area (Å²) in [5, 5.41) is 0. The molecule has 0 amide bonds. The summed E-state index contributed by atoms with van der Waals surface area (Å²) in [5.41, 5.74) is 0.103. The number of carbonyl (C=O) groups is 1. The number of aromatic nitrogens is 1. The van der Waals surface area contributed by atoms with Gasteiger partial charge in [0.15, 0.2) is 0 Å². The zero-order valence-corrected chi connectivity index (χ0v) is 13.1. The summed E-state index contributed by atoms with van der Waals surface area (Å²) in [4.78, 5) is 15.3. The number of ether oxygens (including phenoxy) is 1. The van der Waals surface area contributed by atoms with E-state index in [9.17, 15) is 18.0 Å². The zero-order chi connectivity index (χ0) is 17.5. The van der Waals surface area contributed by atoms with E-state index in [0.29, 0.717) is 11.3 Å². The van der Waals surface area contributed by atoms with E-state index in [4.69, 9.17) is 9.15 Å². The molecule has 1 aromatic carbocycles. The quantitative estimate of drug-likeness (QED) is 0.775. The first-order valence-electron chi connectivity index (χ1n) is 7.18. The van der Waals surface area contributed by atoms with Crippen LogP contribution in [-0.2, 0) is 22.1 Å². The molecule has 2 rings (SSSR count). The molecule has 0 radical (unpaired) electrons. The van der Waals surface area contributed by atoms with E-state index >= 15 is 0 Å². The standard InChI is InChI=1S/C14H12F3NO3.C2H6/c1-2-20-13(19)7-12-18-11(8-21-12)9-3-5-10(6-4-9)14(15,16)17;1-2/h3-6,8H,2,7H2,1H3;1-2H3. The second-order valence-corrected chi connectivity index (χ2v) is 4.18. The van der Waals surface area contributed by atoms with Crippen molar-refractivity contribution >= 4 is 5.97 Å². The Bertz CT molecular complexity index is 618. The molecule has 0 aliphatic rings. The van der Waals surface area contributed by atoms with Gasteiger partial charge >= 0.3 is 12.1 Å². The predicted molar refractivity (Wildman–Crippen MR) is 78.6 cm³/mol. The molecule has 1 heterocycles. The molecule has 0 fully saturated rings. The Morgan fingerprint density at radius 1 is 1.22 bits per heavy atom. The van der Waals surface area contributed by atoms with Crippen molar-refractivity contribution in [2.75, 3.05) is 6.61 Å². The summed E-state index contributed by atoms with van der Waals surface area (Å²) in [7, 11) is 0. The largest absolute Gasteiger partial charge is 0.466 e. The van der Waals surface area contributed by atoms with E-state index in [1.165, 1.54) is 18.4 Å². The third-order valence-electron chi connectivity index (χ3n) is 2.66. The maximum atomic E-state index is 12.5. The highest BCUT2D eigenvalue weighted by atomic mass is 19.4. The van der Waals surface area contributed by atoms with Crippen molar-refractivity contribution < 1.29 is 27.1 Å². The normalized spacial score (nSPS) is 10.7. The van der Waals surface area contributed by atoms with Crippen molar-refractivity contribution in [2.24, 2.45) is 0 Å². The summed E-state index contributed by atoms with van der Waals surface area (Å²) in [6.45, 7) is 5.94. The van der Waals surface area contributed by atoms with Gasteiger partial charge < -0.3 is 9.15 Å². The molecule has 0 N–H and O–H groups in total. The maximum Gasteiger partial charge on any atom is 0.416 e. The first-order chi connectivity index (χ1) is 10.9. The molecule has 0 spiro atoms. The fraction of sp³-hybridized carbons (Fsp3) is 0.375. The average Bonchev–Trinajstić information content (AvgIpc) is 2.97. The highest BCUT2D eigenvalue weighted by Gasteiger charge is 2.30. The van der Waals surface area contributed by atoms with Gasteiger partial charge in [-0.25, -0.2) is 4.98 Å². The lowest BCUT2D eigenvalue weighted by Gasteiger charge is -2.06. The minimum atomic E-state index is -4.38. The molecule has 0 atom stereocenters. The Labute approximate surface area is 132 Å². The van der Waals surface area contributed by atoms with Crippen LogP contribution in [0, 0.1) is 0 Å². The fourth-order valence-electron chi connectivity index (χ4n) is 1.69. The SMILES string of the molecule is CC.CCOC(=O)Cc1nc(-c2ccc(C(F)(F)F)cc2)co1. The molecule has 23 heavy (non-hydrogen) atoms. The molecule has 7 heteroatoms. The molecule has 0 aliphatic heterocycles. The molecule has 126 valence electrons. The van der Waals surface area contributed by atoms with Crippen LogP contribution in [0.5, 0.6) is 0 Å². The van der Waals surface area contributed by atoms with Crippen LogP contribution >= 0.6 is 0 Å². The van der Waals surface area contributed by atoms with E-state index in [-0.39, 0.29) is 18.9 Å². The summed E-state index contributed by atoms with van der Waals surface area (Å²) in [6.07, 6.45) is -3.21. The van der Waals surface area contributed by atoms with Crippen molar-refractivity contribution in [3.8, 4) is 11.3 Å². The Kier molecular flexibility index (Phi) is 6.81. The lowest BCUT2D eigenvalue weighted by Crippen LogP contribution is -2.07. The number of halogens is 3. The lowest BCUT2D eigenvalue weighted by molar-refractivity contribution is -0.142. The van der Waals surface area contributed by atoms with Crippen LogP contribution in [0.1, 0.15) is 32.2 Å². The molecular weight excluding hydrogens is 311 g/mol. The fourth-order valence-corrected chi connectivity index (χ4v) is 1.69. The maximum absolute atomic E-state index is 12.5. The highest BCUT2D eigenvalue weighted by Crippen LogP contribution is 2.30. The Balaban J connectivity index is 0.00000127. The van der Waals surface area contributed by atoms with Crippen LogP contribution in [-0.4, -0.2) is 17.6 Å². The van der Waals surface area contributed by atoms with E-state index in [0.717, 1.165) is 12.1 Å². The summed E-state index contributed by atoms with van der Waals surface area (Å²) < 4.78 is 47.2. The number of carbonyl (C=O) groups excluding carboxylic acids is 1. The van der Waals surface area contributed by atoms with E-state index in [1.54, 1.807) is 6.92 Å². The number of esters is 1. The number of rotatable bonds is 4. The molecule has 0 saturated heterocycles. The van der Waals surface area contributed by atoms with Crippen molar-refractivity contribution in [3.05, 3.63) is 42.0 Å². The van der Waals surface area contributed by atoms with Gasteiger partial charge in [0.05, 0.1) is 12.2 Å². The molecule has 0 bridgehead atoms. The van der Waals surface area contributed by atoms with Gasteiger partial charge in [-0.2, -0.15) is 13.2 Å². The number of alkyl halides is 3. The summed E-state index contributed by atoms with van der Waals surface area (Å²) in [5.74, 6) is -0.318. The zero-order valence-electron chi connectivity index (χ0n) is 13.1. The van der Waals surface area contributed by atoms with Gasteiger partial charge in [-0.1, -0.05) is 26.0 Å². The summed E-state index contributed by atoms with van der Waals surface area (Å²) in [6, 6.07) is 4.54. The first kappa shape index (κ1) is 18.7. The van der Waals surface area contributed by atoms with Crippen molar-refractivity contribution in [3.63, 3.8) is 0 Å². The second-order valence-electron chi connectivity index (χ2n) is 4.18. The second kappa shape index (κ2) is 8.36. The highest BCUT2D eigenvalue weighted by molar-refractivity contribution is 5.71. The molecule has 0 aliphatic carbocycles. The lowest BCUT2D eigenvalue weighted by atomic mass is 10.1. The molecule has 2 aromatic rings. The van der Waals surface area contributed by atoms with Gasteiger partial charge in [0.1, 0.15) is 18.4 Å². The third-order valence-corrected chi connectivity index (χ3v) is 2.66. The molecule has 0 saturated carbocycles. The van der Waals surface area contributed by atoms with Crippen LogP contribution in [0.4, 0.5) is 13.2 Å². The number of nitrogens with zero attached hydrogens (tertiary/aromatic N) is 1. The van der Waals surface area contributed by atoms with Crippen LogP contribution in [0.3, 0.4) is 0 Å². The average molecular weight is 329 g/mol. The molecule has 1 aromatic heterocycles. The van der Waals surface area contributed by atoms with E-state index in [2.05, 4.69) is 4.98 Å². The van der Waals surface area contributed by atoms with Crippen LogP contribution in [0.15, 0.2) is 34.9 Å². The van der Waals surface area contributed by atoms with Gasteiger partial charge in [0.2, 0.25) is 5.89 Å². The number of oxazole rings is 1. The summed E-state index contributed by atoms with van der Waals surface area (Å²) >= 11 is 0. The van der Waals surface area contributed by atoms with E-state index < -0.39 is 17.7 Å². The predicted octanol–water partition coefficient (Wildman–Crippen LogP) is 4.49. The van der Waals surface area contributed by atoms with Crippen molar-refractivity contribution in [2.45, 2.75) is 33.4 Å². The van der Waals surface area contributed by atoms with E-state index in [1.807, 2.05) is 13.8 Å². The van der Waals surface area contributed by atoms with Gasteiger partial charge in [0, 0.05) is 5.56 Å². The van der Waals surface area contributed by atoms with Crippen LogP contribution in [0.25, 0.3) is 11.3 Å². The van der Waals surface area contributed by atoms with Gasteiger partial charge in [0.25, 0.3) is 0 Å². The van der Waals surface area contributed by atoms with Crippen molar-refractivity contribution in [1.29, 1.82) is 0 Å². The smallest absolute Gasteiger partial charge is 0.416 e.